The highest BCUT2D eigenvalue weighted by molar-refractivity contribution is 5.28. The molecule has 0 saturated heterocycles. The fraction of sp³-hybridized carbons (Fsp3) is 0.500. The molecule has 1 N–H and O–H groups in total. The first kappa shape index (κ1) is 10.6. The van der Waals surface area contributed by atoms with Crippen molar-refractivity contribution in [2.45, 2.75) is 37.7 Å². The zero-order valence-electron chi connectivity index (χ0n) is 8.42. The third-order valence-electron chi connectivity index (χ3n) is 3.05. The molecule has 0 bridgehead atoms. The summed E-state index contributed by atoms with van der Waals surface area (Å²) < 4.78 is 26.9. The van der Waals surface area contributed by atoms with Gasteiger partial charge in [0.05, 0.1) is 6.61 Å². The van der Waals surface area contributed by atoms with Gasteiger partial charge in [0.2, 0.25) is 0 Å². The summed E-state index contributed by atoms with van der Waals surface area (Å²) in [6.07, 6.45) is 1.12. The van der Waals surface area contributed by atoms with Crippen molar-refractivity contribution in [3.63, 3.8) is 0 Å². The zero-order valence-corrected chi connectivity index (χ0v) is 8.42. The lowest BCUT2D eigenvalue weighted by Gasteiger charge is -2.19. The predicted octanol–water partition coefficient (Wildman–Crippen LogP) is 3.08. The van der Waals surface area contributed by atoms with Crippen molar-refractivity contribution in [1.29, 1.82) is 0 Å². The van der Waals surface area contributed by atoms with E-state index in [2.05, 4.69) is 0 Å². The van der Waals surface area contributed by atoms with Gasteiger partial charge in [-0.15, -0.1) is 0 Å². The number of benzene rings is 1. The molecule has 1 fully saturated rings. The summed E-state index contributed by atoms with van der Waals surface area (Å²) in [5, 5.41) is 8.95. The lowest BCUT2D eigenvalue weighted by molar-refractivity contribution is -0.00899. The number of hydrogen-bond donors (Lipinski definition) is 1. The largest absolute Gasteiger partial charge is 0.392 e. The van der Waals surface area contributed by atoms with Crippen molar-refractivity contribution in [2.24, 2.45) is 0 Å². The Hall–Kier alpha value is -0.960. The smallest absolute Gasteiger partial charge is 0.254 e. The zero-order chi connectivity index (χ0) is 10.9. The second-order valence-electron chi connectivity index (χ2n) is 4.11. The van der Waals surface area contributed by atoms with Crippen molar-refractivity contribution < 1.29 is 13.9 Å². The van der Waals surface area contributed by atoms with Crippen LogP contribution in [0.4, 0.5) is 8.78 Å². The quantitative estimate of drug-likeness (QED) is 0.798. The minimum atomic E-state index is -2.58. The van der Waals surface area contributed by atoms with Gasteiger partial charge >= 0.3 is 0 Å². The highest BCUT2D eigenvalue weighted by atomic mass is 19.3. The molecule has 0 radical (unpaired) electrons. The Labute approximate surface area is 87.7 Å². The van der Waals surface area contributed by atoms with Gasteiger partial charge < -0.3 is 5.11 Å². The molecule has 0 heterocycles. The summed E-state index contributed by atoms with van der Waals surface area (Å²) in [7, 11) is 0. The molecular formula is C12H14F2O. The van der Waals surface area contributed by atoms with Crippen LogP contribution in [0.15, 0.2) is 24.3 Å². The molecule has 1 nitrogen and oxygen atoms in total. The van der Waals surface area contributed by atoms with Crippen molar-refractivity contribution in [1.82, 2.24) is 0 Å². The highest BCUT2D eigenvalue weighted by Gasteiger charge is 2.44. The van der Waals surface area contributed by atoms with E-state index in [0.29, 0.717) is 24.0 Å². The molecule has 0 aromatic heterocycles. The average Bonchev–Trinajstić information content (AvgIpc) is 2.58. The van der Waals surface area contributed by atoms with Gasteiger partial charge in [0.15, 0.2) is 0 Å². The minimum absolute atomic E-state index is 0.0129. The van der Waals surface area contributed by atoms with Crippen molar-refractivity contribution in [2.75, 3.05) is 0 Å². The van der Waals surface area contributed by atoms with Gasteiger partial charge in [-0.2, -0.15) is 0 Å². The topological polar surface area (TPSA) is 20.2 Å². The molecule has 1 aromatic rings. The van der Waals surface area contributed by atoms with Crippen LogP contribution in [-0.2, 0) is 6.61 Å². The van der Waals surface area contributed by atoms with Crippen LogP contribution < -0.4 is 0 Å². The normalized spacial score (nSPS) is 24.3. The second kappa shape index (κ2) is 3.89. The molecule has 1 aliphatic carbocycles. The molecule has 2 rings (SSSR count). The Balaban J connectivity index is 2.29. The lowest BCUT2D eigenvalue weighted by Crippen LogP contribution is -2.19. The number of aliphatic hydroxyl groups is 1. The molecule has 3 heteroatoms. The standard InChI is InChI=1S/C12H14F2O/c13-12(14)6-2-5-11(12)10-4-1-3-9(7-10)8-15/h1,3-4,7,11,15H,2,5-6,8H2. The Bertz CT molecular complexity index is 349. The summed E-state index contributed by atoms with van der Waals surface area (Å²) in [6, 6.07) is 6.89. The predicted molar refractivity (Wildman–Crippen MR) is 53.9 cm³/mol. The summed E-state index contributed by atoms with van der Waals surface area (Å²) in [4.78, 5) is 0. The first-order valence-electron chi connectivity index (χ1n) is 5.21. The molecular weight excluding hydrogens is 198 g/mol. The first-order chi connectivity index (χ1) is 7.13. The maximum Gasteiger partial charge on any atom is 0.254 e. The van der Waals surface area contributed by atoms with Crippen molar-refractivity contribution in [3.8, 4) is 0 Å². The second-order valence-corrected chi connectivity index (χ2v) is 4.11. The van der Waals surface area contributed by atoms with E-state index in [0.717, 1.165) is 0 Å². The molecule has 0 spiro atoms. The fourth-order valence-electron chi connectivity index (χ4n) is 2.25. The molecule has 1 atom stereocenters. The average molecular weight is 212 g/mol. The fourth-order valence-corrected chi connectivity index (χ4v) is 2.25. The highest BCUT2D eigenvalue weighted by Crippen LogP contribution is 2.46. The van der Waals surface area contributed by atoms with Crippen LogP contribution in [0.3, 0.4) is 0 Å². The van der Waals surface area contributed by atoms with Gasteiger partial charge in [-0.05, 0) is 24.0 Å². The molecule has 15 heavy (non-hydrogen) atoms. The number of rotatable bonds is 2. The molecule has 0 aliphatic heterocycles. The van der Waals surface area contributed by atoms with Gasteiger partial charge in [-0.3, -0.25) is 0 Å². The molecule has 1 unspecified atom stereocenters. The van der Waals surface area contributed by atoms with E-state index in [4.69, 9.17) is 5.11 Å². The van der Waals surface area contributed by atoms with E-state index in [9.17, 15) is 8.78 Å². The Morgan fingerprint density at radius 3 is 2.80 bits per heavy atom. The van der Waals surface area contributed by atoms with E-state index in [-0.39, 0.29) is 13.0 Å². The molecule has 0 amide bonds. The van der Waals surface area contributed by atoms with Gasteiger partial charge in [-0.1, -0.05) is 24.3 Å². The van der Waals surface area contributed by atoms with Gasteiger partial charge in [-0.25, -0.2) is 8.78 Å². The molecule has 1 saturated carbocycles. The number of halogens is 2. The molecule has 82 valence electrons. The van der Waals surface area contributed by atoms with Crippen LogP contribution in [0.1, 0.15) is 36.3 Å². The number of aliphatic hydroxyl groups excluding tert-OH is 1. The Kier molecular flexibility index (Phi) is 2.74. The first-order valence-corrected chi connectivity index (χ1v) is 5.21. The summed E-state index contributed by atoms with van der Waals surface area (Å²) in [6.45, 7) is -0.0911. The van der Waals surface area contributed by atoms with E-state index in [1.807, 2.05) is 0 Å². The van der Waals surface area contributed by atoms with E-state index >= 15 is 0 Å². The van der Waals surface area contributed by atoms with Crippen LogP contribution in [-0.4, -0.2) is 11.0 Å². The monoisotopic (exact) mass is 212 g/mol. The molecule has 1 aliphatic rings. The van der Waals surface area contributed by atoms with Gasteiger partial charge in [0.25, 0.3) is 5.92 Å². The SMILES string of the molecule is OCc1cccc(C2CCCC2(F)F)c1. The maximum atomic E-state index is 13.5. The van der Waals surface area contributed by atoms with Gasteiger partial charge in [0.1, 0.15) is 0 Å². The van der Waals surface area contributed by atoms with Crippen LogP contribution in [0.5, 0.6) is 0 Å². The minimum Gasteiger partial charge on any atom is -0.392 e. The number of alkyl halides is 2. The third kappa shape index (κ3) is 2.02. The van der Waals surface area contributed by atoms with Crippen LogP contribution in [0.25, 0.3) is 0 Å². The third-order valence-corrected chi connectivity index (χ3v) is 3.05. The Morgan fingerprint density at radius 1 is 1.40 bits per heavy atom. The van der Waals surface area contributed by atoms with Crippen molar-refractivity contribution >= 4 is 0 Å². The van der Waals surface area contributed by atoms with Crippen molar-refractivity contribution in [3.05, 3.63) is 35.4 Å². The van der Waals surface area contributed by atoms with E-state index in [1.165, 1.54) is 0 Å². The van der Waals surface area contributed by atoms with E-state index < -0.39 is 11.8 Å². The summed E-state index contributed by atoms with van der Waals surface area (Å²) in [5.41, 5.74) is 1.36. The maximum absolute atomic E-state index is 13.5. The van der Waals surface area contributed by atoms with Crippen LogP contribution in [0, 0.1) is 0 Å². The lowest BCUT2D eigenvalue weighted by atomic mass is 9.94. The Morgan fingerprint density at radius 2 is 2.20 bits per heavy atom. The number of hydrogen-bond acceptors (Lipinski definition) is 1. The molecule has 1 aromatic carbocycles. The van der Waals surface area contributed by atoms with Crippen LogP contribution >= 0.6 is 0 Å². The van der Waals surface area contributed by atoms with Crippen LogP contribution in [0.2, 0.25) is 0 Å². The summed E-state index contributed by atoms with van der Waals surface area (Å²) >= 11 is 0. The van der Waals surface area contributed by atoms with Gasteiger partial charge in [0, 0.05) is 12.3 Å². The summed E-state index contributed by atoms with van der Waals surface area (Å²) in [5.74, 6) is -3.24. The van der Waals surface area contributed by atoms with E-state index in [1.54, 1.807) is 24.3 Å².